The summed E-state index contributed by atoms with van der Waals surface area (Å²) < 4.78 is 41.8. The van der Waals surface area contributed by atoms with Crippen LogP contribution in [-0.2, 0) is 22.3 Å². The number of carboxylic acid groups (broad SMARTS) is 1. The predicted octanol–water partition coefficient (Wildman–Crippen LogP) is 4.36. The third kappa shape index (κ3) is 6.57. The molecule has 0 aliphatic carbocycles. The molecule has 0 bridgehead atoms. The van der Waals surface area contributed by atoms with Gasteiger partial charge in [-0.05, 0) is 51.1 Å². The molecule has 198 valence electrons. The highest BCUT2D eigenvalue weighted by Gasteiger charge is 2.34. The van der Waals surface area contributed by atoms with Gasteiger partial charge in [0.1, 0.15) is 11.5 Å². The number of nitrogens with zero attached hydrogens (tertiary/aromatic N) is 2. The van der Waals surface area contributed by atoms with Gasteiger partial charge in [-0.15, -0.1) is 0 Å². The number of fused-ring (bicyclic) bond motifs is 1. The lowest BCUT2D eigenvalue weighted by molar-refractivity contribution is -0.149. The van der Waals surface area contributed by atoms with E-state index in [1.165, 1.54) is 36.7 Å². The minimum absolute atomic E-state index is 0.0433. The normalized spacial score (nSPS) is 11.8. The van der Waals surface area contributed by atoms with Gasteiger partial charge in [0.15, 0.2) is 0 Å². The number of carbonyl (C=O) groups excluding carboxylic acids is 2. The maximum Gasteiger partial charge on any atom is 0.417 e. The van der Waals surface area contributed by atoms with Crippen molar-refractivity contribution in [1.82, 2.24) is 14.9 Å². The van der Waals surface area contributed by atoms with Gasteiger partial charge in [-0.25, -0.2) is 4.98 Å². The van der Waals surface area contributed by atoms with Crippen LogP contribution in [0.5, 0.6) is 0 Å². The molecule has 0 aliphatic heterocycles. The topological polar surface area (TPSA) is 125 Å². The van der Waals surface area contributed by atoms with E-state index in [2.05, 4.69) is 20.9 Å². The Bertz CT molecular complexity index is 1300. The molecule has 0 radical (unpaired) electrons. The molecule has 2 heterocycles. The highest BCUT2D eigenvalue weighted by molar-refractivity contribution is 6.06. The van der Waals surface area contributed by atoms with Gasteiger partial charge in [0, 0.05) is 37.0 Å². The second-order valence-corrected chi connectivity index (χ2v) is 9.04. The standard InChI is InChI=1S/C25H28F3N5O4/c1-4-33-18-7-5-6-17(25(26,27)28)16(18)12-19(33)22(35)32-15-8-9-20(31-14-15)29-10-11-30-21(34)13-24(2,3)23(36)37/h5-9,12,14H,4,10-11,13H2,1-3H3,(H,29,31)(H,30,34)(H,32,35)(H,36,37). The monoisotopic (exact) mass is 519 g/mol. The van der Waals surface area contributed by atoms with E-state index in [1.54, 1.807) is 25.1 Å². The Morgan fingerprint density at radius 3 is 2.41 bits per heavy atom. The first kappa shape index (κ1) is 27.5. The van der Waals surface area contributed by atoms with Crippen molar-refractivity contribution in [2.24, 2.45) is 5.41 Å². The minimum Gasteiger partial charge on any atom is -0.481 e. The number of halogens is 3. The number of amides is 2. The lowest BCUT2D eigenvalue weighted by atomic mass is 9.89. The Morgan fingerprint density at radius 1 is 1.08 bits per heavy atom. The quantitative estimate of drug-likeness (QED) is 0.295. The molecule has 3 rings (SSSR count). The molecule has 2 amide bonds. The van der Waals surface area contributed by atoms with Crippen LogP contribution < -0.4 is 16.0 Å². The molecular formula is C25H28F3N5O4. The first-order valence-electron chi connectivity index (χ1n) is 11.5. The number of carbonyl (C=O) groups is 3. The summed E-state index contributed by atoms with van der Waals surface area (Å²) in [7, 11) is 0. The Kier molecular flexibility index (Phi) is 8.09. The van der Waals surface area contributed by atoms with Crippen LogP contribution in [0.4, 0.5) is 24.7 Å². The molecule has 0 atom stereocenters. The predicted molar refractivity (Wildman–Crippen MR) is 132 cm³/mol. The average molecular weight is 520 g/mol. The van der Waals surface area contributed by atoms with E-state index >= 15 is 0 Å². The van der Waals surface area contributed by atoms with Crippen molar-refractivity contribution in [3.63, 3.8) is 0 Å². The first-order chi connectivity index (χ1) is 17.3. The number of anilines is 2. The molecule has 1 aromatic carbocycles. The van der Waals surface area contributed by atoms with Crippen molar-refractivity contribution in [3.05, 3.63) is 53.9 Å². The van der Waals surface area contributed by atoms with Crippen LogP contribution in [0.25, 0.3) is 10.9 Å². The van der Waals surface area contributed by atoms with Gasteiger partial charge >= 0.3 is 12.1 Å². The van der Waals surface area contributed by atoms with Gasteiger partial charge in [0.05, 0.1) is 22.9 Å². The van der Waals surface area contributed by atoms with Gasteiger partial charge in [-0.1, -0.05) is 6.07 Å². The molecule has 12 heteroatoms. The smallest absolute Gasteiger partial charge is 0.417 e. The molecule has 0 fully saturated rings. The van der Waals surface area contributed by atoms with E-state index in [-0.39, 0.29) is 30.0 Å². The van der Waals surface area contributed by atoms with Gasteiger partial charge in [0.2, 0.25) is 5.91 Å². The molecule has 9 nitrogen and oxygen atoms in total. The average Bonchev–Trinajstić information content (AvgIpc) is 3.20. The third-order valence-electron chi connectivity index (χ3n) is 5.76. The van der Waals surface area contributed by atoms with Gasteiger partial charge in [-0.3, -0.25) is 14.4 Å². The molecule has 0 aliphatic rings. The van der Waals surface area contributed by atoms with E-state index < -0.39 is 29.0 Å². The number of aliphatic carboxylic acids is 1. The molecule has 0 spiro atoms. The largest absolute Gasteiger partial charge is 0.481 e. The summed E-state index contributed by atoms with van der Waals surface area (Å²) in [5.41, 5.74) is -1.20. The fourth-order valence-corrected chi connectivity index (χ4v) is 3.76. The Hall–Kier alpha value is -4.09. The molecular weight excluding hydrogens is 491 g/mol. The van der Waals surface area contributed by atoms with E-state index in [9.17, 15) is 27.6 Å². The van der Waals surface area contributed by atoms with E-state index in [0.29, 0.717) is 30.1 Å². The van der Waals surface area contributed by atoms with Crippen molar-refractivity contribution in [2.75, 3.05) is 23.7 Å². The molecule has 0 saturated carbocycles. The fraction of sp³-hybridized carbons (Fsp3) is 0.360. The summed E-state index contributed by atoms with van der Waals surface area (Å²) in [6, 6.07) is 8.27. The molecule has 4 N–H and O–H groups in total. The molecule has 37 heavy (non-hydrogen) atoms. The van der Waals surface area contributed by atoms with Crippen LogP contribution in [-0.4, -0.2) is 45.5 Å². The lowest BCUT2D eigenvalue weighted by Crippen LogP contribution is -2.35. The molecule has 3 aromatic rings. The number of hydrogen-bond donors (Lipinski definition) is 4. The zero-order valence-corrected chi connectivity index (χ0v) is 20.6. The van der Waals surface area contributed by atoms with Crippen LogP contribution in [0, 0.1) is 5.41 Å². The highest BCUT2D eigenvalue weighted by atomic mass is 19.4. The van der Waals surface area contributed by atoms with Crippen molar-refractivity contribution in [1.29, 1.82) is 0 Å². The summed E-state index contributed by atoms with van der Waals surface area (Å²) in [6.45, 7) is 5.57. The number of hydrogen-bond acceptors (Lipinski definition) is 5. The van der Waals surface area contributed by atoms with Gasteiger partial charge in [-0.2, -0.15) is 13.2 Å². The Morgan fingerprint density at radius 2 is 1.81 bits per heavy atom. The van der Waals surface area contributed by atoms with Crippen LogP contribution in [0.3, 0.4) is 0 Å². The molecule has 0 unspecified atom stereocenters. The minimum atomic E-state index is -4.54. The maximum absolute atomic E-state index is 13.4. The number of pyridine rings is 1. The summed E-state index contributed by atoms with van der Waals surface area (Å²) in [4.78, 5) is 40.1. The summed E-state index contributed by atoms with van der Waals surface area (Å²) in [5, 5.41) is 17.3. The second kappa shape index (κ2) is 10.9. The number of alkyl halides is 3. The second-order valence-electron chi connectivity index (χ2n) is 9.04. The zero-order valence-electron chi connectivity index (χ0n) is 20.6. The van der Waals surface area contributed by atoms with Crippen molar-refractivity contribution in [2.45, 2.75) is 39.9 Å². The molecule has 2 aromatic heterocycles. The number of carboxylic acids is 1. The third-order valence-corrected chi connectivity index (χ3v) is 5.76. The Balaban J connectivity index is 1.60. The number of benzene rings is 1. The van der Waals surface area contributed by atoms with Crippen LogP contribution in [0.15, 0.2) is 42.6 Å². The van der Waals surface area contributed by atoms with Crippen molar-refractivity contribution in [3.8, 4) is 0 Å². The van der Waals surface area contributed by atoms with Crippen LogP contribution in [0.2, 0.25) is 0 Å². The van der Waals surface area contributed by atoms with Crippen LogP contribution >= 0.6 is 0 Å². The lowest BCUT2D eigenvalue weighted by Gasteiger charge is -2.18. The Labute approximate surface area is 211 Å². The number of aryl methyl sites for hydroxylation is 1. The number of nitrogens with one attached hydrogen (secondary N) is 3. The van der Waals surface area contributed by atoms with Gasteiger partial charge < -0.3 is 25.6 Å². The summed E-state index contributed by atoms with van der Waals surface area (Å²) in [6.07, 6.45) is -3.30. The van der Waals surface area contributed by atoms with Crippen molar-refractivity contribution < 1.29 is 32.7 Å². The number of rotatable bonds is 10. The number of aromatic nitrogens is 2. The van der Waals surface area contributed by atoms with E-state index in [4.69, 9.17) is 5.11 Å². The first-order valence-corrected chi connectivity index (χ1v) is 11.5. The SMILES string of the molecule is CCn1c(C(=O)Nc2ccc(NCCNC(=O)CC(C)(C)C(=O)O)nc2)cc2c(C(F)(F)F)cccc21. The fourth-order valence-electron chi connectivity index (χ4n) is 3.76. The van der Waals surface area contributed by atoms with E-state index in [0.717, 1.165) is 6.07 Å². The highest BCUT2D eigenvalue weighted by Crippen LogP contribution is 2.36. The van der Waals surface area contributed by atoms with E-state index in [1.807, 2.05) is 0 Å². The maximum atomic E-state index is 13.4. The zero-order chi connectivity index (χ0) is 27.4. The molecule has 0 saturated heterocycles. The van der Waals surface area contributed by atoms with Crippen LogP contribution in [0.1, 0.15) is 43.2 Å². The van der Waals surface area contributed by atoms with Gasteiger partial charge in [0.25, 0.3) is 5.91 Å². The summed E-state index contributed by atoms with van der Waals surface area (Å²) in [5.74, 6) is -1.54. The van der Waals surface area contributed by atoms with Crippen molar-refractivity contribution >= 4 is 40.2 Å². The summed E-state index contributed by atoms with van der Waals surface area (Å²) >= 11 is 0.